The Hall–Kier alpha value is -3.39. The number of rotatable bonds is 7. The quantitative estimate of drug-likeness (QED) is 0.330. The Morgan fingerprint density at radius 2 is 2.00 bits per heavy atom. The molecule has 3 aromatic rings. The van der Waals surface area contributed by atoms with E-state index in [1.807, 2.05) is 18.2 Å². The van der Waals surface area contributed by atoms with E-state index in [9.17, 15) is 14.0 Å². The van der Waals surface area contributed by atoms with Crippen molar-refractivity contribution in [3.63, 3.8) is 0 Å². The van der Waals surface area contributed by atoms with Gasteiger partial charge in [-0.3, -0.25) is 9.59 Å². The second-order valence-corrected chi connectivity index (χ2v) is 8.37. The van der Waals surface area contributed by atoms with Gasteiger partial charge in [0.05, 0.1) is 5.56 Å². The lowest BCUT2D eigenvalue weighted by Gasteiger charge is -2.28. The van der Waals surface area contributed by atoms with Gasteiger partial charge in [0.25, 0.3) is 5.56 Å². The summed E-state index contributed by atoms with van der Waals surface area (Å²) in [5, 5.41) is 3.35. The van der Waals surface area contributed by atoms with E-state index < -0.39 is 5.92 Å². The van der Waals surface area contributed by atoms with Crippen LogP contribution >= 0.6 is 11.8 Å². The molecule has 2 heterocycles. The molecule has 0 saturated heterocycles. The van der Waals surface area contributed by atoms with Gasteiger partial charge in [-0.1, -0.05) is 48.2 Å². The molecule has 1 aromatic heterocycles. The molecule has 0 spiro atoms. The van der Waals surface area contributed by atoms with Crippen molar-refractivity contribution in [1.29, 1.82) is 0 Å². The lowest BCUT2D eigenvalue weighted by molar-refractivity contribution is -0.116. The van der Waals surface area contributed by atoms with Crippen LogP contribution in [0.3, 0.4) is 0 Å². The van der Waals surface area contributed by atoms with Crippen molar-refractivity contribution in [2.45, 2.75) is 24.1 Å². The first-order valence-electron chi connectivity index (χ1n) is 10.1. The number of aromatic nitrogens is 2. The zero-order chi connectivity index (χ0) is 22.7. The minimum atomic E-state index is -0.493. The SMILES string of the molecule is C=CCSc1nc(=O)c2c(n1C)NC(=O)C[C@@H]2c1ccccc1OCc1ccc(F)cc1. The van der Waals surface area contributed by atoms with Gasteiger partial charge in [0.15, 0.2) is 5.16 Å². The molecule has 6 nitrogen and oxygen atoms in total. The molecule has 0 bridgehead atoms. The zero-order valence-corrected chi connectivity index (χ0v) is 18.3. The molecule has 1 amide bonds. The molecule has 0 aliphatic carbocycles. The minimum Gasteiger partial charge on any atom is -0.489 e. The maximum atomic E-state index is 13.2. The highest BCUT2D eigenvalue weighted by atomic mass is 32.2. The van der Waals surface area contributed by atoms with Crippen LogP contribution in [0.1, 0.15) is 29.0 Å². The summed E-state index contributed by atoms with van der Waals surface area (Å²) in [5.41, 5.74) is 1.61. The maximum Gasteiger partial charge on any atom is 0.279 e. The number of fused-ring (bicyclic) bond motifs is 1. The second-order valence-electron chi connectivity index (χ2n) is 7.38. The standard InChI is InChI=1S/C24H22FN3O3S/c1-3-12-32-24-27-23(30)21-18(13-20(29)26-22(21)28(24)2)17-6-4-5-7-19(17)31-14-15-8-10-16(25)11-9-15/h3-11,18H,1,12-14H2,2H3,(H,26,29)/t18-/m1/s1. The Labute approximate surface area is 189 Å². The molecule has 4 rings (SSSR count). The van der Waals surface area contributed by atoms with E-state index >= 15 is 0 Å². The van der Waals surface area contributed by atoms with Crippen LogP contribution in [0.5, 0.6) is 5.75 Å². The largest absolute Gasteiger partial charge is 0.489 e. The van der Waals surface area contributed by atoms with Gasteiger partial charge in [0.2, 0.25) is 5.91 Å². The van der Waals surface area contributed by atoms with Gasteiger partial charge in [-0.15, -0.1) is 6.58 Å². The molecule has 8 heteroatoms. The number of hydrogen-bond acceptors (Lipinski definition) is 5. The summed E-state index contributed by atoms with van der Waals surface area (Å²) >= 11 is 1.37. The fourth-order valence-electron chi connectivity index (χ4n) is 3.71. The van der Waals surface area contributed by atoms with Gasteiger partial charge in [-0.2, -0.15) is 4.98 Å². The van der Waals surface area contributed by atoms with E-state index in [2.05, 4.69) is 16.9 Å². The van der Waals surface area contributed by atoms with Crippen molar-refractivity contribution in [3.8, 4) is 5.75 Å². The number of anilines is 1. The topological polar surface area (TPSA) is 73.2 Å². The van der Waals surface area contributed by atoms with Crippen molar-refractivity contribution < 1.29 is 13.9 Å². The first-order chi connectivity index (χ1) is 15.5. The molecule has 2 aromatic carbocycles. The lowest BCUT2D eigenvalue weighted by Crippen LogP contribution is -2.33. The van der Waals surface area contributed by atoms with Crippen molar-refractivity contribution in [2.24, 2.45) is 7.05 Å². The first kappa shape index (κ1) is 21.8. The van der Waals surface area contributed by atoms with Crippen molar-refractivity contribution in [2.75, 3.05) is 11.1 Å². The molecule has 0 saturated carbocycles. The normalized spacial score (nSPS) is 15.1. The van der Waals surface area contributed by atoms with Gasteiger partial charge < -0.3 is 14.6 Å². The number of benzene rings is 2. The average molecular weight is 452 g/mol. The van der Waals surface area contributed by atoms with Crippen molar-refractivity contribution in [3.05, 3.63) is 94.0 Å². The third kappa shape index (κ3) is 4.45. The molecular weight excluding hydrogens is 429 g/mol. The Morgan fingerprint density at radius 1 is 1.25 bits per heavy atom. The molecule has 1 N–H and O–H groups in total. The number of nitrogens with zero attached hydrogens (tertiary/aromatic N) is 2. The van der Waals surface area contributed by atoms with Crippen LogP contribution in [0.4, 0.5) is 10.2 Å². The molecule has 1 atom stereocenters. The van der Waals surface area contributed by atoms with Crippen LogP contribution in [0.2, 0.25) is 0 Å². The van der Waals surface area contributed by atoms with Crippen LogP contribution < -0.4 is 15.6 Å². The van der Waals surface area contributed by atoms with E-state index in [0.717, 1.165) is 11.1 Å². The molecule has 164 valence electrons. The number of hydrogen-bond donors (Lipinski definition) is 1. The van der Waals surface area contributed by atoms with Crippen LogP contribution in [-0.4, -0.2) is 21.2 Å². The minimum absolute atomic E-state index is 0.111. The zero-order valence-electron chi connectivity index (χ0n) is 17.5. The fourth-order valence-corrected chi connectivity index (χ4v) is 4.40. The number of thioether (sulfide) groups is 1. The number of nitrogens with one attached hydrogen (secondary N) is 1. The maximum absolute atomic E-state index is 13.2. The van der Waals surface area contributed by atoms with Gasteiger partial charge in [-0.05, 0) is 23.8 Å². The summed E-state index contributed by atoms with van der Waals surface area (Å²) in [5.74, 6) is 0.620. The third-order valence-corrected chi connectivity index (χ3v) is 6.26. The summed E-state index contributed by atoms with van der Waals surface area (Å²) in [6, 6.07) is 13.4. The summed E-state index contributed by atoms with van der Waals surface area (Å²) in [6.07, 6.45) is 1.84. The van der Waals surface area contributed by atoms with E-state index in [-0.39, 0.29) is 30.3 Å². The smallest absolute Gasteiger partial charge is 0.279 e. The third-order valence-electron chi connectivity index (χ3n) is 5.23. The molecule has 1 aliphatic rings. The van der Waals surface area contributed by atoms with Crippen LogP contribution in [-0.2, 0) is 18.4 Å². The highest BCUT2D eigenvalue weighted by Gasteiger charge is 2.33. The molecule has 0 radical (unpaired) electrons. The number of carbonyl (C=O) groups is 1. The van der Waals surface area contributed by atoms with Gasteiger partial charge in [0, 0.05) is 30.7 Å². The van der Waals surface area contributed by atoms with E-state index in [1.54, 1.807) is 35.9 Å². The number of halogens is 1. The van der Waals surface area contributed by atoms with Gasteiger partial charge in [0.1, 0.15) is 24.0 Å². The van der Waals surface area contributed by atoms with E-state index in [0.29, 0.717) is 28.0 Å². The van der Waals surface area contributed by atoms with E-state index in [4.69, 9.17) is 4.74 Å². The average Bonchev–Trinajstić information content (AvgIpc) is 2.79. The van der Waals surface area contributed by atoms with Gasteiger partial charge >= 0.3 is 0 Å². The predicted molar refractivity (Wildman–Crippen MR) is 123 cm³/mol. The lowest BCUT2D eigenvalue weighted by atomic mass is 9.86. The first-order valence-corrected chi connectivity index (χ1v) is 11.1. The number of amides is 1. The van der Waals surface area contributed by atoms with Crippen LogP contribution in [0.15, 0.2) is 71.1 Å². The number of carbonyl (C=O) groups excluding carboxylic acids is 1. The van der Waals surface area contributed by atoms with Gasteiger partial charge in [-0.25, -0.2) is 4.39 Å². The molecule has 32 heavy (non-hydrogen) atoms. The molecule has 0 fully saturated rings. The summed E-state index contributed by atoms with van der Waals surface area (Å²) in [4.78, 5) is 29.8. The van der Waals surface area contributed by atoms with Crippen LogP contribution in [0.25, 0.3) is 0 Å². The Morgan fingerprint density at radius 3 is 2.75 bits per heavy atom. The van der Waals surface area contributed by atoms with Crippen molar-refractivity contribution in [1.82, 2.24) is 9.55 Å². The van der Waals surface area contributed by atoms with E-state index in [1.165, 1.54) is 23.9 Å². The summed E-state index contributed by atoms with van der Waals surface area (Å²) in [7, 11) is 1.77. The monoisotopic (exact) mass is 451 g/mol. The Kier molecular flexibility index (Phi) is 6.41. The predicted octanol–water partition coefficient (Wildman–Crippen LogP) is 4.25. The highest BCUT2D eigenvalue weighted by molar-refractivity contribution is 7.99. The summed E-state index contributed by atoms with van der Waals surface area (Å²) in [6.45, 7) is 3.93. The highest BCUT2D eigenvalue weighted by Crippen LogP contribution is 2.39. The number of ether oxygens (including phenoxy) is 1. The summed E-state index contributed by atoms with van der Waals surface area (Å²) < 4.78 is 20.9. The fraction of sp³-hybridized carbons (Fsp3) is 0.208. The molecule has 0 unspecified atom stereocenters. The Balaban J connectivity index is 1.72. The Bertz CT molecular complexity index is 1220. The van der Waals surface area contributed by atoms with Crippen LogP contribution in [0, 0.1) is 5.82 Å². The molecule has 1 aliphatic heterocycles. The second kappa shape index (κ2) is 9.40. The number of para-hydroxylation sites is 1. The molecular formula is C24H22FN3O3S. The van der Waals surface area contributed by atoms with Crippen molar-refractivity contribution >= 4 is 23.5 Å².